The fraction of sp³-hybridized carbons (Fsp3) is 0.267. The zero-order valence-corrected chi connectivity index (χ0v) is 19.5. The summed E-state index contributed by atoms with van der Waals surface area (Å²) in [7, 11) is 0. The molecule has 1 saturated heterocycles. The summed E-state index contributed by atoms with van der Waals surface area (Å²) in [5.41, 5.74) is 8.41. The average molecular weight is 462 g/mol. The molecule has 2 bridgehead atoms. The lowest BCUT2D eigenvalue weighted by Crippen LogP contribution is -2.52. The normalized spacial score (nSPS) is 20.9. The van der Waals surface area contributed by atoms with Gasteiger partial charge in [-0.1, -0.05) is 60.7 Å². The zero-order chi connectivity index (χ0) is 23.4. The van der Waals surface area contributed by atoms with Crippen LogP contribution < -0.4 is 0 Å². The monoisotopic (exact) mass is 461 g/mol. The molecule has 2 aliphatic heterocycles. The summed E-state index contributed by atoms with van der Waals surface area (Å²) in [6.07, 6.45) is 9.93. The lowest BCUT2D eigenvalue weighted by Gasteiger charge is -2.44. The lowest BCUT2D eigenvalue weighted by atomic mass is 9.84. The number of imidazole rings is 1. The number of fused-ring (bicyclic) bond motifs is 6. The highest BCUT2D eigenvalue weighted by molar-refractivity contribution is 5.79. The second-order valence-corrected chi connectivity index (χ2v) is 9.83. The molecular weight excluding hydrogens is 434 g/mol. The van der Waals surface area contributed by atoms with Crippen molar-refractivity contribution in [3.63, 3.8) is 0 Å². The number of ether oxygens (including phenoxy) is 1. The minimum atomic E-state index is -0.183. The van der Waals surface area contributed by atoms with Gasteiger partial charge in [0.05, 0.1) is 11.7 Å². The van der Waals surface area contributed by atoms with Crippen molar-refractivity contribution in [1.82, 2.24) is 14.3 Å². The number of aromatic nitrogens is 2. The Balaban J connectivity index is 1.14. The van der Waals surface area contributed by atoms with E-state index in [0.29, 0.717) is 6.61 Å². The molecule has 7 rings (SSSR count). The number of rotatable bonds is 3. The number of pyridine rings is 1. The van der Waals surface area contributed by atoms with Gasteiger partial charge in [0.2, 0.25) is 0 Å². The molecule has 1 amide bonds. The van der Waals surface area contributed by atoms with Crippen molar-refractivity contribution in [3.8, 4) is 11.1 Å². The van der Waals surface area contributed by atoms with Crippen LogP contribution in [0.5, 0.6) is 0 Å². The summed E-state index contributed by atoms with van der Waals surface area (Å²) in [6, 6.07) is 23.4. The Hall–Kier alpha value is -3.86. The van der Waals surface area contributed by atoms with Crippen molar-refractivity contribution in [2.24, 2.45) is 0 Å². The molecule has 4 aromatic rings. The minimum absolute atomic E-state index is 0.0759. The molecule has 0 spiro atoms. The number of carbonyl (C=O) groups excluding carboxylic acids is 1. The topological polar surface area (TPSA) is 46.8 Å². The highest BCUT2D eigenvalue weighted by Crippen LogP contribution is 2.45. The van der Waals surface area contributed by atoms with Gasteiger partial charge in [0.25, 0.3) is 0 Å². The highest BCUT2D eigenvalue weighted by atomic mass is 16.6. The maximum atomic E-state index is 13.5. The Bertz CT molecular complexity index is 1420. The zero-order valence-electron chi connectivity index (χ0n) is 19.5. The number of hydrogen-bond donors (Lipinski definition) is 0. The molecule has 2 atom stereocenters. The van der Waals surface area contributed by atoms with Crippen molar-refractivity contribution in [1.29, 1.82) is 0 Å². The molecule has 3 aliphatic rings. The summed E-state index contributed by atoms with van der Waals surface area (Å²) in [4.78, 5) is 19.9. The van der Waals surface area contributed by atoms with Gasteiger partial charge in [0, 0.05) is 24.4 Å². The Morgan fingerprint density at radius 3 is 2.49 bits per heavy atom. The van der Waals surface area contributed by atoms with Gasteiger partial charge in [-0.05, 0) is 65.6 Å². The summed E-state index contributed by atoms with van der Waals surface area (Å²) in [5, 5.41) is 0. The predicted molar refractivity (Wildman–Crippen MR) is 136 cm³/mol. The summed E-state index contributed by atoms with van der Waals surface area (Å²) >= 11 is 0. The van der Waals surface area contributed by atoms with Gasteiger partial charge >= 0.3 is 6.09 Å². The van der Waals surface area contributed by atoms with E-state index in [1.165, 1.54) is 33.5 Å². The molecule has 2 aromatic heterocycles. The number of benzene rings is 2. The quantitative estimate of drug-likeness (QED) is 0.360. The Morgan fingerprint density at radius 1 is 0.943 bits per heavy atom. The molecule has 174 valence electrons. The molecule has 1 fully saturated rings. The summed E-state index contributed by atoms with van der Waals surface area (Å²) in [5.74, 6) is 0.0842. The van der Waals surface area contributed by atoms with E-state index in [4.69, 9.17) is 4.74 Å². The van der Waals surface area contributed by atoms with Gasteiger partial charge in [-0.2, -0.15) is 0 Å². The standard InChI is InChI=1S/C30H27N3O2/c34-30(35-19-27-25-11-3-1-9-23(25)24-10-2-4-12-26(24)27)33-21-7-5-8-22(33)18-20(17-21)28-13-6-14-29-31-15-16-32(28)29/h1-4,6,9-17,21-22,27H,5,7-8,18-19H2. The van der Waals surface area contributed by atoms with Crippen molar-refractivity contribution in [2.75, 3.05) is 6.61 Å². The van der Waals surface area contributed by atoms with Gasteiger partial charge < -0.3 is 9.14 Å². The molecule has 0 saturated carbocycles. The van der Waals surface area contributed by atoms with E-state index in [-0.39, 0.29) is 24.1 Å². The molecule has 1 aliphatic carbocycles. The van der Waals surface area contributed by atoms with E-state index in [1.807, 2.05) is 23.4 Å². The van der Waals surface area contributed by atoms with E-state index in [2.05, 4.69) is 76.1 Å². The van der Waals surface area contributed by atoms with Crippen LogP contribution in [-0.4, -0.2) is 39.1 Å². The van der Waals surface area contributed by atoms with Crippen molar-refractivity contribution in [3.05, 3.63) is 102 Å². The fourth-order valence-corrected chi connectivity index (χ4v) is 6.38. The van der Waals surface area contributed by atoms with E-state index in [0.717, 1.165) is 31.3 Å². The largest absolute Gasteiger partial charge is 0.448 e. The predicted octanol–water partition coefficient (Wildman–Crippen LogP) is 6.29. The van der Waals surface area contributed by atoms with Crippen LogP contribution in [0, 0.1) is 0 Å². The molecule has 4 heterocycles. The molecular formula is C30H27N3O2. The smallest absolute Gasteiger partial charge is 0.410 e. The third kappa shape index (κ3) is 3.29. The maximum Gasteiger partial charge on any atom is 0.410 e. The molecule has 5 heteroatoms. The summed E-state index contributed by atoms with van der Waals surface area (Å²) < 4.78 is 8.20. The van der Waals surface area contributed by atoms with Gasteiger partial charge in [-0.25, -0.2) is 9.78 Å². The second kappa shape index (κ2) is 8.12. The number of nitrogens with zero attached hydrogens (tertiary/aromatic N) is 3. The first-order valence-electron chi connectivity index (χ1n) is 12.5. The maximum absolute atomic E-state index is 13.5. The first-order chi connectivity index (χ1) is 17.3. The molecule has 5 nitrogen and oxygen atoms in total. The number of piperidine rings is 1. The van der Waals surface area contributed by atoms with Crippen LogP contribution in [0.25, 0.3) is 22.3 Å². The molecule has 35 heavy (non-hydrogen) atoms. The third-order valence-electron chi connectivity index (χ3n) is 7.94. The lowest BCUT2D eigenvalue weighted by molar-refractivity contribution is 0.0538. The summed E-state index contributed by atoms with van der Waals surface area (Å²) in [6.45, 7) is 0.369. The van der Waals surface area contributed by atoms with Crippen molar-refractivity contribution in [2.45, 2.75) is 43.7 Å². The number of amides is 1. The van der Waals surface area contributed by atoms with Crippen molar-refractivity contribution >= 4 is 17.3 Å². The Kier molecular flexibility index (Phi) is 4.76. The number of carbonyl (C=O) groups is 1. The van der Waals surface area contributed by atoms with E-state index >= 15 is 0 Å². The number of hydrogen-bond acceptors (Lipinski definition) is 3. The van der Waals surface area contributed by atoms with E-state index in [9.17, 15) is 4.79 Å². The second-order valence-electron chi connectivity index (χ2n) is 9.83. The molecule has 0 radical (unpaired) electrons. The van der Waals surface area contributed by atoms with Gasteiger partial charge in [0.15, 0.2) is 0 Å². The van der Waals surface area contributed by atoms with Gasteiger partial charge in [-0.15, -0.1) is 0 Å². The van der Waals surface area contributed by atoms with Gasteiger partial charge in [0.1, 0.15) is 12.3 Å². The first-order valence-corrected chi connectivity index (χ1v) is 12.5. The SMILES string of the molecule is O=C(OCC1c2ccccc2-c2ccccc21)N1C2C=C(c3cccc4nccn34)CC1CCC2. The van der Waals surface area contributed by atoms with Crippen molar-refractivity contribution < 1.29 is 9.53 Å². The minimum Gasteiger partial charge on any atom is -0.448 e. The van der Waals surface area contributed by atoms with Crippen LogP contribution in [0.3, 0.4) is 0 Å². The average Bonchev–Trinajstić information content (AvgIpc) is 3.49. The van der Waals surface area contributed by atoms with E-state index in [1.54, 1.807) is 0 Å². The van der Waals surface area contributed by atoms with Gasteiger partial charge in [-0.3, -0.25) is 4.90 Å². The third-order valence-corrected chi connectivity index (χ3v) is 7.94. The Labute approximate surface area is 204 Å². The Morgan fingerprint density at radius 2 is 1.71 bits per heavy atom. The van der Waals surface area contributed by atoms with Crippen LogP contribution in [0.15, 0.2) is 85.2 Å². The highest BCUT2D eigenvalue weighted by Gasteiger charge is 2.39. The first kappa shape index (κ1) is 20.5. The van der Waals surface area contributed by atoms with Crippen LogP contribution in [0.2, 0.25) is 0 Å². The molecule has 2 unspecified atom stereocenters. The van der Waals surface area contributed by atoms with Crippen LogP contribution in [0.4, 0.5) is 4.79 Å². The van der Waals surface area contributed by atoms with Crippen LogP contribution in [-0.2, 0) is 4.74 Å². The molecule has 0 N–H and O–H groups in total. The van der Waals surface area contributed by atoms with Crippen LogP contribution >= 0.6 is 0 Å². The molecule has 2 aromatic carbocycles. The van der Waals surface area contributed by atoms with Crippen LogP contribution in [0.1, 0.15) is 48.4 Å². The van der Waals surface area contributed by atoms with E-state index < -0.39 is 0 Å². The fourth-order valence-electron chi connectivity index (χ4n) is 6.38.